The first-order chi connectivity index (χ1) is 14.2. The van der Waals surface area contributed by atoms with E-state index in [0.29, 0.717) is 12.3 Å². The van der Waals surface area contributed by atoms with E-state index in [1.165, 1.54) is 13.2 Å². The van der Waals surface area contributed by atoms with Gasteiger partial charge in [0, 0.05) is 12.1 Å². The van der Waals surface area contributed by atoms with Gasteiger partial charge in [-0.1, -0.05) is 12.1 Å². The smallest absolute Gasteiger partial charge is 0.410 e. The van der Waals surface area contributed by atoms with Crippen LogP contribution in [-0.4, -0.2) is 63.6 Å². The molecular formula is C21H31FN2O5S. The summed E-state index contributed by atoms with van der Waals surface area (Å²) in [6.45, 7) is 2.11. The number of methoxy groups -OCH3 is 1. The molecule has 1 N–H and O–H groups in total. The summed E-state index contributed by atoms with van der Waals surface area (Å²) >= 11 is 0. The molecule has 0 unspecified atom stereocenters. The Kier molecular flexibility index (Phi) is 7.36. The Bertz CT molecular complexity index is 842. The number of likely N-dealkylation sites (tertiary alicyclic amines) is 1. The van der Waals surface area contributed by atoms with Crippen LogP contribution in [0.4, 0.5) is 9.18 Å². The quantitative estimate of drug-likeness (QED) is 0.732. The standard InChI is InChI=1S/C21H31FN2O5S/c1-14-11-19(23-30(3,26)27)20(24(14)21(25)28-2)13-29-18-9-7-15(8-10-18)16-5-4-6-17(22)12-16/h4-6,12,14-15,18-20,23H,7-11,13H2,1-3H3/t14-,15-,18+,19+,20+/m1/s1. The van der Waals surface area contributed by atoms with Crippen molar-refractivity contribution >= 4 is 16.1 Å². The van der Waals surface area contributed by atoms with Crippen molar-refractivity contribution in [2.75, 3.05) is 20.0 Å². The van der Waals surface area contributed by atoms with Crippen molar-refractivity contribution in [3.63, 3.8) is 0 Å². The molecule has 2 fully saturated rings. The van der Waals surface area contributed by atoms with Crippen LogP contribution in [0.1, 0.15) is 50.5 Å². The SMILES string of the molecule is COC(=O)N1[C@H](C)C[C@H](NS(C)(=O)=O)[C@@H]1CO[C@H]1CC[C@@H](c2cccc(F)c2)CC1. The van der Waals surface area contributed by atoms with Crippen LogP contribution in [0.2, 0.25) is 0 Å². The zero-order chi connectivity index (χ0) is 21.9. The van der Waals surface area contributed by atoms with E-state index in [9.17, 15) is 17.6 Å². The minimum Gasteiger partial charge on any atom is -0.453 e. The summed E-state index contributed by atoms with van der Waals surface area (Å²) in [5, 5.41) is 0. The zero-order valence-corrected chi connectivity index (χ0v) is 18.5. The van der Waals surface area contributed by atoms with Crippen molar-refractivity contribution in [2.24, 2.45) is 0 Å². The highest BCUT2D eigenvalue weighted by Gasteiger charge is 2.44. The number of benzene rings is 1. The number of ether oxygens (including phenoxy) is 2. The third-order valence-electron chi connectivity index (χ3n) is 6.14. The van der Waals surface area contributed by atoms with Gasteiger partial charge in [-0.25, -0.2) is 22.3 Å². The Morgan fingerprint density at radius 2 is 1.97 bits per heavy atom. The number of hydrogen-bond acceptors (Lipinski definition) is 5. The predicted molar refractivity (Wildman–Crippen MR) is 111 cm³/mol. The normalized spacial score (nSPS) is 29.7. The van der Waals surface area contributed by atoms with Gasteiger partial charge in [0.05, 0.1) is 32.1 Å². The van der Waals surface area contributed by atoms with Crippen molar-refractivity contribution in [3.8, 4) is 0 Å². The van der Waals surface area contributed by atoms with E-state index < -0.39 is 28.2 Å². The van der Waals surface area contributed by atoms with Crippen LogP contribution < -0.4 is 4.72 Å². The number of sulfonamides is 1. The lowest BCUT2D eigenvalue weighted by molar-refractivity contribution is -0.00860. The summed E-state index contributed by atoms with van der Waals surface area (Å²) in [6, 6.07) is 5.75. The molecule has 1 saturated heterocycles. The zero-order valence-electron chi connectivity index (χ0n) is 17.7. The molecule has 1 aliphatic carbocycles. The van der Waals surface area contributed by atoms with Gasteiger partial charge in [-0.15, -0.1) is 0 Å². The minimum absolute atomic E-state index is 0.0316. The molecule has 3 atom stereocenters. The highest BCUT2D eigenvalue weighted by Crippen LogP contribution is 2.35. The molecule has 1 aromatic rings. The minimum atomic E-state index is -3.42. The molecule has 0 radical (unpaired) electrons. The molecular weight excluding hydrogens is 411 g/mol. The molecule has 3 rings (SSSR count). The first-order valence-corrected chi connectivity index (χ1v) is 12.3. The first-order valence-electron chi connectivity index (χ1n) is 10.4. The average Bonchev–Trinajstić information content (AvgIpc) is 2.99. The van der Waals surface area contributed by atoms with E-state index in [2.05, 4.69) is 4.72 Å². The Morgan fingerprint density at radius 3 is 2.57 bits per heavy atom. The number of halogens is 1. The van der Waals surface area contributed by atoms with Crippen molar-refractivity contribution in [1.29, 1.82) is 0 Å². The molecule has 1 amide bonds. The average molecular weight is 443 g/mol. The first kappa shape index (κ1) is 23.0. The second kappa shape index (κ2) is 9.62. The molecule has 1 heterocycles. The summed E-state index contributed by atoms with van der Waals surface area (Å²) in [4.78, 5) is 13.8. The Balaban J connectivity index is 1.60. The van der Waals surface area contributed by atoms with Crippen molar-refractivity contribution in [2.45, 2.75) is 69.2 Å². The molecule has 0 aromatic heterocycles. The summed E-state index contributed by atoms with van der Waals surface area (Å²) in [6.07, 6.45) is 4.65. The summed E-state index contributed by atoms with van der Waals surface area (Å²) in [7, 11) is -2.10. The van der Waals surface area contributed by atoms with Crippen LogP contribution in [0.5, 0.6) is 0 Å². The van der Waals surface area contributed by atoms with Gasteiger partial charge in [-0.3, -0.25) is 4.90 Å². The number of rotatable bonds is 6. The van der Waals surface area contributed by atoms with Gasteiger partial charge in [-0.2, -0.15) is 0 Å². The molecule has 2 aliphatic rings. The van der Waals surface area contributed by atoms with Gasteiger partial charge in [0.1, 0.15) is 5.82 Å². The topological polar surface area (TPSA) is 84.9 Å². The maximum Gasteiger partial charge on any atom is 0.410 e. The lowest BCUT2D eigenvalue weighted by atomic mass is 9.82. The Morgan fingerprint density at radius 1 is 1.27 bits per heavy atom. The van der Waals surface area contributed by atoms with Gasteiger partial charge in [-0.05, 0) is 62.6 Å². The molecule has 0 spiro atoms. The fourth-order valence-corrected chi connectivity index (χ4v) is 5.54. The number of nitrogens with zero attached hydrogens (tertiary/aromatic N) is 1. The van der Waals surface area contributed by atoms with Crippen LogP contribution in [0.3, 0.4) is 0 Å². The predicted octanol–water partition coefficient (Wildman–Crippen LogP) is 3.02. The van der Waals surface area contributed by atoms with E-state index in [-0.39, 0.29) is 24.6 Å². The number of nitrogens with one attached hydrogen (secondary N) is 1. The summed E-state index contributed by atoms with van der Waals surface area (Å²) in [5.74, 6) is 0.104. The number of carbonyl (C=O) groups excluding carboxylic acids is 1. The van der Waals surface area contributed by atoms with E-state index in [1.807, 2.05) is 13.0 Å². The number of amides is 1. The third-order valence-corrected chi connectivity index (χ3v) is 6.87. The highest BCUT2D eigenvalue weighted by molar-refractivity contribution is 7.88. The van der Waals surface area contributed by atoms with Crippen LogP contribution in [0.15, 0.2) is 24.3 Å². The van der Waals surface area contributed by atoms with E-state index in [1.54, 1.807) is 17.0 Å². The maximum atomic E-state index is 13.5. The maximum absolute atomic E-state index is 13.5. The molecule has 7 nitrogen and oxygen atoms in total. The molecule has 9 heteroatoms. The van der Waals surface area contributed by atoms with Gasteiger partial charge >= 0.3 is 6.09 Å². The second-order valence-electron chi connectivity index (χ2n) is 8.39. The van der Waals surface area contributed by atoms with Gasteiger partial charge < -0.3 is 9.47 Å². The fraction of sp³-hybridized carbons (Fsp3) is 0.667. The summed E-state index contributed by atoms with van der Waals surface area (Å²) in [5.41, 5.74) is 1.02. The molecule has 1 aliphatic heterocycles. The van der Waals surface area contributed by atoms with Gasteiger partial charge in [0.25, 0.3) is 0 Å². The largest absolute Gasteiger partial charge is 0.453 e. The number of hydrogen-bond donors (Lipinski definition) is 1. The van der Waals surface area contributed by atoms with E-state index >= 15 is 0 Å². The van der Waals surface area contributed by atoms with Crippen molar-refractivity contribution in [1.82, 2.24) is 9.62 Å². The fourth-order valence-electron chi connectivity index (χ4n) is 4.74. The third kappa shape index (κ3) is 5.70. The van der Waals surface area contributed by atoms with Crippen LogP contribution in [-0.2, 0) is 19.5 Å². The number of carbonyl (C=O) groups is 1. The van der Waals surface area contributed by atoms with Crippen LogP contribution in [0, 0.1) is 5.82 Å². The second-order valence-corrected chi connectivity index (χ2v) is 10.2. The highest BCUT2D eigenvalue weighted by atomic mass is 32.2. The van der Waals surface area contributed by atoms with Crippen LogP contribution >= 0.6 is 0 Å². The molecule has 168 valence electrons. The van der Waals surface area contributed by atoms with E-state index in [0.717, 1.165) is 37.5 Å². The van der Waals surface area contributed by atoms with Gasteiger partial charge in [0.15, 0.2) is 0 Å². The van der Waals surface area contributed by atoms with Crippen molar-refractivity contribution in [3.05, 3.63) is 35.6 Å². The lowest BCUT2D eigenvalue weighted by Crippen LogP contribution is -2.50. The Labute approximate surface area is 178 Å². The van der Waals surface area contributed by atoms with Crippen molar-refractivity contribution < 1.29 is 27.1 Å². The molecule has 1 saturated carbocycles. The molecule has 1 aromatic carbocycles. The van der Waals surface area contributed by atoms with Crippen LogP contribution in [0.25, 0.3) is 0 Å². The Hall–Kier alpha value is -1.71. The lowest BCUT2D eigenvalue weighted by Gasteiger charge is -2.33. The van der Waals surface area contributed by atoms with Gasteiger partial charge in [0.2, 0.25) is 10.0 Å². The summed E-state index contributed by atoms with van der Waals surface area (Å²) < 4.78 is 50.7. The van der Waals surface area contributed by atoms with E-state index in [4.69, 9.17) is 9.47 Å². The molecule has 0 bridgehead atoms. The monoisotopic (exact) mass is 442 g/mol. The molecule has 30 heavy (non-hydrogen) atoms.